The lowest BCUT2D eigenvalue weighted by Crippen LogP contribution is -2.37. The van der Waals surface area contributed by atoms with E-state index in [9.17, 15) is 4.79 Å². The number of hydrogen-bond donors (Lipinski definition) is 0. The Morgan fingerprint density at radius 2 is 1.94 bits per heavy atom. The third kappa shape index (κ3) is 1.80. The summed E-state index contributed by atoms with van der Waals surface area (Å²) < 4.78 is 1.61. The molecule has 1 aliphatic rings. The number of aliphatic imine (C=N–C) groups is 1. The van der Waals surface area contributed by atoms with Crippen molar-refractivity contribution in [3.05, 3.63) is 11.0 Å². The molecule has 2 heterocycles. The Balaban J connectivity index is 2.62. The molecule has 0 aromatic carbocycles. The number of fused-ring (bicyclic) bond motifs is 1. The van der Waals surface area contributed by atoms with Gasteiger partial charge in [0, 0.05) is 12.8 Å². The summed E-state index contributed by atoms with van der Waals surface area (Å²) in [6.07, 6.45) is 0. The Kier molecular flexibility index (Phi) is 2.65. The van der Waals surface area contributed by atoms with Crippen LogP contribution in [0.2, 0.25) is 5.28 Å². The fourth-order valence-electron chi connectivity index (χ4n) is 2.39. The molecule has 1 aliphatic heterocycles. The average molecular weight is 254 g/mol. The second kappa shape index (κ2) is 3.67. The van der Waals surface area contributed by atoms with Crippen molar-refractivity contribution in [3.63, 3.8) is 0 Å². The van der Waals surface area contributed by atoms with Gasteiger partial charge in [-0.05, 0) is 23.9 Å². The highest BCUT2D eigenvalue weighted by Gasteiger charge is 2.40. The monoisotopic (exact) mass is 253 g/mol. The van der Waals surface area contributed by atoms with E-state index in [4.69, 9.17) is 11.6 Å². The van der Waals surface area contributed by atoms with E-state index in [-0.39, 0.29) is 17.1 Å². The summed E-state index contributed by atoms with van der Waals surface area (Å²) in [7, 11) is 1.74. The summed E-state index contributed by atoms with van der Waals surface area (Å²) in [6.45, 7) is 7.99. The molecule has 0 spiro atoms. The van der Waals surface area contributed by atoms with Crippen LogP contribution in [0.15, 0.2) is 4.99 Å². The fraction of sp³-hybridized carbons (Fsp3) is 0.583. The second-order valence-corrected chi connectivity index (χ2v) is 5.87. The van der Waals surface area contributed by atoms with Crippen molar-refractivity contribution in [1.29, 1.82) is 0 Å². The number of rotatable bonds is 0. The molecule has 0 bridgehead atoms. The molecule has 2 rings (SSSR count). The molecule has 0 saturated heterocycles. The average Bonchev–Trinajstić information content (AvgIpc) is 2.39. The van der Waals surface area contributed by atoms with Crippen LogP contribution in [0.4, 0.5) is 5.82 Å². The van der Waals surface area contributed by atoms with Gasteiger partial charge in [0.15, 0.2) is 11.6 Å². The molecule has 0 saturated carbocycles. The molecule has 0 fully saturated rings. The van der Waals surface area contributed by atoms with E-state index in [2.05, 4.69) is 9.98 Å². The van der Waals surface area contributed by atoms with Gasteiger partial charge in [0.2, 0.25) is 5.28 Å². The highest BCUT2D eigenvalue weighted by atomic mass is 35.5. The van der Waals surface area contributed by atoms with Gasteiger partial charge in [-0.2, -0.15) is 4.98 Å². The molecular weight excluding hydrogens is 238 g/mol. The fourth-order valence-corrected chi connectivity index (χ4v) is 2.55. The molecule has 1 atom stereocenters. The van der Waals surface area contributed by atoms with Gasteiger partial charge in [-0.1, -0.05) is 20.8 Å². The standard InChI is InChI=1S/C12H16ClN3O/c1-6-7(12(2,3)4)9(17)8-10(14-6)15-11(13)16(8)5/h7H,1-5H3. The van der Waals surface area contributed by atoms with Gasteiger partial charge in [-0.3, -0.25) is 4.79 Å². The van der Waals surface area contributed by atoms with Crippen LogP contribution in [-0.4, -0.2) is 21.0 Å². The molecule has 1 aromatic rings. The van der Waals surface area contributed by atoms with E-state index >= 15 is 0 Å². The quantitative estimate of drug-likeness (QED) is 0.714. The van der Waals surface area contributed by atoms with Gasteiger partial charge < -0.3 is 4.57 Å². The minimum atomic E-state index is -0.207. The van der Waals surface area contributed by atoms with E-state index in [1.807, 2.05) is 27.7 Å². The molecular formula is C12H16ClN3O. The minimum absolute atomic E-state index is 0.0573. The van der Waals surface area contributed by atoms with Crippen LogP contribution in [0.3, 0.4) is 0 Å². The Morgan fingerprint density at radius 1 is 1.35 bits per heavy atom. The van der Waals surface area contributed by atoms with Crippen molar-refractivity contribution in [2.45, 2.75) is 27.7 Å². The predicted molar refractivity (Wildman–Crippen MR) is 68.3 cm³/mol. The zero-order chi connectivity index (χ0) is 13.0. The van der Waals surface area contributed by atoms with Crippen LogP contribution in [0.1, 0.15) is 38.2 Å². The summed E-state index contributed by atoms with van der Waals surface area (Å²) >= 11 is 5.93. The van der Waals surface area contributed by atoms with Crippen molar-refractivity contribution >= 4 is 28.9 Å². The van der Waals surface area contributed by atoms with Crippen molar-refractivity contribution in [1.82, 2.24) is 9.55 Å². The molecule has 0 radical (unpaired) electrons. The summed E-state index contributed by atoms with van der Waals surface area (Å²) in [6, 6.07) is 0. The second-order valence-electron chi connectivity index (χ2n) is 5.53. The lowest BCUT2D eigenvalue weighted by molar-refractivity contribution is 0.0876. The van der Waals surface area contributed by atoms with Gasteiger partial charge in [0.1, 0.15) is 5.69 Å². The summed E-state index contributed by atoms with van der Waals surface area (Å²) in [5.74, 6) is 0.295. The zero-order valence-electron chi connectivity index (χ0n) is 10.7. The highest BCUT2D eigenvalue weighted by molar-refractivity contribution is 6.29. The summed E-state index contributed by atoms with van der Waals surface area (Å²) in [5.41, 5.74) is 1.17. The molecule has 5 heteroatoms. The van der Waals surface area contributed by atoms with Crippen LogP contribution in [0.25, 0.3) is 0 Å². The maximum atomic E-state index is 12.5. The lowest BCUT2D eigenvalue weighted by atomic mass is 9.74. The number of aromatic nitrogens is 2. The summed E-state index contributed by atoms with van der Waals surface area (Å²) in [4.78, 5) is 21.0. The third-order valence-corrected chi connectivity index (χ3v) is 3.42. The molecule has 4 nitrogen and oxygen atoms in total. The number of carbonyl (C=O) groups excluding carboxylic acids is 1. The Morgan fingerprint density at radius 3 is 2.47 bits per heavy atom. The van der Waals surface area contributed by atoms with Crippen LogP contribution in [-0.2, 0) is 7.05 Å². The molecule has 1 unspecified atom stereocenters. The third-order valence-electron chi connectivity index (χ3n) is 3.08. The van der Waals surface area contributed by atoms with E-state index < -0.39 is 0 Å². The molecule has 0 N–H and O–H groups in total. The van der Waals surface area contributed by atoms with Gasteiger partial charge in [-0.15, -0.1) is 0 Å². The van der Waals surface area contributed by atoms with E-state index in [0.717, 1.165) is 5.71 Å². The van der Waals surface area contributed by atoms with Gasteiger partial charge in [-0.25, -0.2) is 4.99 Å². The Labute approximate surface area is 106 Å². The SMILES string of the molecule is CC1=Nc2nc(Cl)n(C)c2C(=O)C1C(C)(C)C. The first-order valence-electron chi connectivity index (χ1n) is 5.55. The molecule has 0 amide bonds. The first-order chi connectivity index (χ1) is 7.73. The van der Waals surface area contributed by atoms with Crippen LogP contribution in [0.5, 0.6) is 0 Å². The Hall–Kier alpha value is -1.16. The predicted octanol–water partition coefficient (Wildman–Crippen LogP) is 3.02. The van der Waals surface area contributed by atoms with Crippen molar-refractivity contribution in [3.8, 4) is 0 Å². The molecule has 1 aromatic heterocycles. The van der Waals surface area contributed by atoms with Crippen LogP contribution in [0, 0.1) is 11.3 Å². The topological polar surface area (TPSA) is 47.2 Å². The number of ketones is 1. The molecule has 17 heavy (non-hydrogen) atoms. The van der Waals surface area contributed by atoms with E-state index in [0.29, 0.717) is 16.8 Å². The number of nitrogens with zero attached hydrogens (tertiary/aromatic N) is 3. The number of imidazole rings is 1. The van der Waals surface area contributed by atoms with Gasteiger partial charge in [0.05, 0.1) is 5.92 Å². The van der Waals surface area contributed by atoms with Gasteiger partial charge >= 0.3 is 0 Å². The number of halogens is 1. The number of Topliss-reactive ketones (excluding diaryl/α,β-unsaturated/α-hetero) is 1. The Bertz CT molecular complexity index is 523. The van der Waals surface area contributed by atoms with E-state index in [1.54, 1.807) is 11.6 Å². The summed E-state index contributed by atoms with van der Waals surface area (Å²) in [5, 5.41) is 0.300. The lowest BCUT2D eigenvalue weighted by Gasteiger charge is -2.31. The van der Waals surface area contributed by atoms with E-state index in [1.165, 1.54) is 0 Å². The zero-order valence-corrected chi connectivity index (χ0v) is 11.5. The normalized spacial score (nSPS) is 20.2. The number of carbonyl (C=O) groups is 1. The van der Waals surface area contributed by atoms with Crippen molar-refractivity contribution < 1.29 is 4.79 Å². The first-order valence-corrected chi connectivity index (χ1v) is 5.93. The largest absolute Gasteiger partial charge is 0.313 e. The van der Waals surface area contributed by atoms with Gasteiger partial charge in [0.25, 0.3) is 0 Å². The van der Waals surface area contributed by atoms with Crippen molar-refractivity contribution in [2.24, 2.45) is 23.4 Å². The highest BCUT2D eigenvalue weighted by Crippen LogP contribution is 2.37. The van der Waals surface area contributed by atoms with Crippen LogP contribution >= 0.6 is 11.6 Å². The maximum Gasteiger partial charge on any atom is 0.205 e. The number of hydrogen-bond acceptors (Lipinski definition) is 3. The molecule has 92 valence electrons. The first kappa shape index (κ1) is 12.3. The van der Waals surface area contributed by atoms with Crippen molar-refractivity contribution in [2.75, 3.05) is 0 Å². The molecule has 0 aliphatic carbocycles. The smallest absolute Gasteiger partial charge is 0.205 e. The van der Waals surface area contributed by atoms with Crippen LogP contribution < -0.4 is 0 Å². The minimum Gasteiger partial charge on any atom is -0.313 e. The maximum absolute atomic E-state index is 12.5.